The van der Waals surface area contributed by atoms with Crippen LogP contribution in [-0.4, -0.2) is 30.0 Å². The third-order valence-electron chi connectivity index (χ3n) is 3.02. The number of methoxy groups -OCH3 is 1. The van der Waals surface area contributed by atoms with Crippen LogP contribution in [0.3, 0.4) is 0 Å². The van der Waals surface area contributed by atoms with Crippen molar-refractivity contribution in [2.75, 3.05) is 25.6 Å². The molecule has 1 rings (SSSR count). The highest BCUT2D eigenvalue weighted by molar-refractivity contribution is 6.32. The Hall–Kier alpha value is -1.07. The van der Waals surface area contributed by atoms with Crippen LogP contribution >= 0.6 is 11.6 Å². The number of aryl methyl sites for hydroxylation is 1. The Balaban J connectivity index is 2.73. The predicted octanol–water partition coefficient (Wildman–Crippen LogP) is 2.39. The van der Waals surface area contributed by atoms with Crippen LogP contribution in [0.1, 0.15) is 27.2 Å². The second-order valence-corrected chi connectivity index (χ2v) is 5.63. The number of rotatable bonds is 7. The number of anilines is 1. The summed E-state index contributed by atoms with van der Waals surface area (Å²) in [6, 6.07) is 0. The molecule has 0 aromatic carbocycles. The summed E-state index contributed by atoms with van der Waals surface area (Å²) >= 11 is 6.05. The first-order valence-corrected chi connectivity index (χ1v) is 6.77. The fourth-order valence-corrected chi connectivity index (χ4v) is 1.83. The average Bonchev–Trinajstić information content (AvgIpc) is 2.38. The van der Waals surface area contributed by atoms with Crippen molar-refractivity contribution < 1.29 is 4.74 Å². The van der Waals surface area contributed by atoms with Gasteiger partial charge in [-0.3, -0.25) is 4.79 Å². The van der Waals surface area contributed by atoms with Gasteiger partial charge in [-0.05, 0) is 18.8 Å². The maximum Gasteiger partial charge on any atom is 0.287 e. The Labute approximate surface area is 118 Å². The van der Waals surface area contributed by atoms with Gasteiger partial charge in [0.15, 0.2) is 0 Å². The van der Waals surface area contributed by atoms with Gasteiger partial charge in [0.25, 0.3) is 5.56 Å². The van der Waals surface area contributed by atoms with Crippen LogP contribution in [-0.2, 0) is 11.3 Å². The van der Waals surface area contributed by atoms with Crippen molar-refractivity contribution in [2.45, 2.75) is 33.7 Å². The molecule has 6 heteroatoms. The maximum atomic E-state index is 11.8. The summed E-state index contributed by atoms with van der Waals surface area (Å²) in [6.45, 7) is 8.04. The molecule has 1 N–H and O–H groups in total. The van der Waals surface area contributed by atoms with Gasteiger partial charge in [0.05, 0.1) is 11.9 Å². The van der Waals surface area contributed by atoms with Gasteiger partial charge in [0.2, 0.25) is 0 Å². The second kappa shape index (κ2) is 6.91. The molecule has 5 nitrogen and oxygen atoms in total. The summed E-state index contributed by atoms with van der Waals surface area (Å²) < 4.78 is 6.42. The topological polar surface area (TPSA) is 56.1 Å². The van der Waals surface area contributed by atoms with E-state index in [9.17, 15) is 4.79 Å². The molecule has 0 aliphatic heterocycles. The first-order valence-electron chi connectivity index (χ1n) is 6.39. The van der Waals surface area contributed by atoms with E-state index >= 15 is 0 Å². The minimum atomic E-state index is -0.260. The number of ether oxygens (including phenoxy) is 1. The lowest BCUT2D eigenvalue weighted by atomic mass is 9.89. The zero-order chi connectivity index (χ0) is 14.5. The van der Waals surface area contributed by atoms with E-state index in [1.54, 1.807) is 13.3 Å². The van der Waals surface area contributed by atoms with Gasteiger partial charge in [-0.15, -0.1) is 0 Å². The zero-order valence-corrected chi connectivity index (χ0v) is 12.8. The average molecular weight is 288 g/mol. The van der Waals surface area contributed by atoms with Crippen LogP contribution < -0.4 is 10.9 Å². The van der Waals surface area contributed by atoms with Crippen LogP contribution in [0.15, 0.2) is 11.0 Å². The Bertz CT molecular complexity index is 471. The number of halogens is 1. The summed E-state index contributed by atoms with van der Waals surface area (Å²) in [5.41, 5.74) is 0.379. The highest BCUT2D eigenvalue weighted by atomic mass is 35.5. The lowest BCUT2D eigenvalue weighted by Gasteiger charge is -2.25. The van der Waals surface area contributed by atoms with Gasteiger partial charge in [-0.25, -0.2) is 4.68 Å². The van der Waals surface area contributed by atoms with E-state index in [4.69, 9.17) is 16.3 Å². The normalized spacial score (nSPS) is 11.6. The number of aromatic nitrogens is 2. The number of nitrogens with one attached hydrogen (secondary N) is 1. The van der Waals surface area contributed by atoms with Crippen molar-refractivity contribution in [3.05, 3.63) is 21.6 Å². The molecule has 0 aliphatic rings. The SMILES string of the molecule is CCn1ncc(NCC(C)(C)CCOC)c(Cl)c1=O. The fraction of sp³-hybridized carbons (Fsp3) is 0.692. The van der Waals surface area contributed by atoms with Gasteiger partial charge in [0, 0.05) is 26.8 Å². The third-order valence-corrected chi connectivity index (χ3v) is 3.39. The molecule has 108 valence electrons. The largest absolute Gasteiger partial charge is 0.385 e. The Morgan fingerprint density at radius 3 is 2.79 bits per heavy atom. The molecule has 0 saturated heterocycles. The summed E-state index contributed by atoms with van der Waals surface area (Å²) in [4.78, 5) is 11.8. The Morgan fingerprint density at radius 2 is 2.21 bits per heavy atom. The van der Waals surface area contributed by atoms with Crippen molar-refractivity contribution in [2.24, 2.45) is 5.41 Å². The zero-order valence-electron chi connectivity index (χ0n) is 12.0. The molecule has 1 heterocycles. The molecule has 1 aromatic heterocycles. The summed E-state index contributed by atoms with van der Waals surface area (Å²) in [7, 11) is 1.69. The first-order chi connectivity index (χ1) is 8.91. The van der Waals surface area contributed by atoms with E-state index in [0.29, 0.717) is 25.4 Å². The van der Waals surface area contributed by atoms with Crippen molar-refractivity contribution in [1.82, 2.24) is 9.78 Å². The Kier molecular flexibility index (Phi) is 5.82. The number of nitrogens with zero attached hydrogens (tertiary/aromatic N) is 2. The lowest BCUT2D eigenvalue weighted by Crippen LogP contribution is -2.27. The highest BCUT2D eigenvalue weighted by Gasteiger charge is 2.18. The summed E-state index contributed by atoms with van der Waals surface area (Å²) in [5.74, 6) is 0. The molecule has 0 amide bonds. The van der Waals surface area contributed by atoms with E-state index in [1.807, 2.05) is 6.92 Å². The van der Waals surface area contributed by atoms with Gasteiger partial charge >= 0.3 is 0 Å². The lowest BCUT2D eigenvalue weighted by molar-refractivity contribution is 0.157. The van der Waals surface area contributed by atoms with E-state index in [2.05, 4.69) is 24.3 Å². The molecular weight excluding hydrogens is 266 g/mol. The van der Waals surface area contributed by atoms with Gasteiger partial charge in [-0.1, -0.05) is 25.4 Å². The summed E-state index contributed by atoms with van der Waals surface area (Å²) in [5, 5.41) is 7.44. The van der Waals surface area contributed by atoms with Crippen LogP contribution in [0.4, 0.5) is 5.69 Å². The van der Waals surface area contributed by atoms with Crippen LogP contribution in [0.25, 0.3) is 0 Å². The Morgan fingerprint density at radius 1 is 1.53 bits per heavy atom. The monoisotopic (exact) mass is 287 g/mol. The van der Waals surface area contributed by atoms with E-state index < -0.39 is 0 Å². The third kappa shape index (κ3) is 4.51. The van der Waals surface area contributed by atoms with Gasteiger partial charge in [0.1, 0.15) is 5.02 Å². The minimum Gasteiger partial charge on any atom is -0.385 e. The van der Waals surface area contributed by atoms with Crippen molar-refractivity contribution >= 4 is 17.3 Å². The number of hydrogen-bond donors (Lipinski definition) is 1. The van der Waals surface area contributed by atoms with Crippen molar-refractivity contribution in [1.29, 1.82) is 0 Å². The molecule has 0 aliphatic carbocycles. The molecule has 0 unspecified atom stereocenters. The van der Waals surface area contributed by atoms with Crippen LogP contribution in [0.2, 0.25) is 5.02 Å². The number of hydrogen-bond acceptors (Lipinski definition) is 4. The van der Waals surface area contributed by atoms with Gasteiger partial charge in [-0.2, -0.15) is 5.10 Å². The van der Waals surface area contributed by atoms with Gasteiger partial charge < -0.3 is 10.1 Å². The quantitative estimate of drug-likeness (QED) is 0.837. The molecule has 0 bridgehead atoms. The molecule has 19 heavy (non-hydrogen) atoms. The van der Waals surface area contributed by atoms with Crippen molar-refractivity contribution in [3.8, 4) is 0 Å². The minimum absolute atomic E-state index is 0.0545. The standard InChI is InChI=1S/C13H22ClN3O2/c1-5-17-12(18)11(14)10(8-16-17)15-9-13(2,3)6-7-19-4/h8,15H,5-7,9H2,1-4H3. The van der Waals surface area contributed by atoms with E-state index in [1.165, 1.54) is 4.68 Å². The molecular formula is C13H22ClN3O2. The smallest absolute Gasteiger partial charge is 0.287 e. The maximum absolute atomic E-state index is 11.8. The molecule has 0 atom stereocenters. The van der Waals surface area contributed by atoms with E-state index in [-0.39, 0.29) is 16.0 Å². The van der Waals surface area contributed by atoms with Crippen LogP contribution in [0, 0.1) is 5.41 Å². The highest BCUT2D eigenvalue weighted by Crippen LogP contribution is 2.23. The van der Waals surface area contributed by atoms with Crippen LogP contribution in [0.5, 0.6) is 0 Å². The molecule has 0 saturated carbocycles. The molecule has 1 aromatic rings. The summed E-state index contributed by atoms with van der Waals surface area (Å²) in [6.07, 6.45) is 2.52. The molecule has 0 fully saturated rings. The second-order valence-electron chi connectivity index (χ2n) is 5.25. The predicted molar refractivity (Wildman–Crippen MR) is 77.9 cm³/mol. The van der Waals surface area contributed by atoms with E-state index in [0.717, 1.165) is 6.42 Å². The van der Waals surface area contributed by atoms with Crippen molar-refractivity contribution in [3.63, 3.8) is 0 Å². The fourth-order valence-electron chi connectivity index (χ4n) is 1.61. The molecule has 0 radical (unpaired) electrons. The first kappa shape index (κ1) is 16.0. The molecule has 0 spiro atoms.